The molecule has 1 atom stereocenters. The average molecular weight is 646 g/mol. The predicted octanol–water partition coefficient (Wildman–Crippen LogP) is 12.2. The van der Waals surface area contributed by atoms with Crippen molar-refractivity contribution in [2.75, 3.05) is 18.0 Å². The lowest BCUT2D eigenvalue weighted by molar-refractivity contribution is -0.114. The van der Waals surface area contributed by atoms with E-state index in [0.717, 1.165) is 53.9 Å². The van der Waals surface area contributed by atoms with E-state index in [1.165, 1.54) is 60.3 Å². The number of ketones is 1. The molecule has 1 saturated heterocycles. The quantitative estimate of drug-likeness (QED) is 0.204. The molecule has 3 heteroatoms. The van der Waals surface area contributed by atoms with Crippen LogP contribution in [0, 0.1) is 18.8 Å². The molecular weight excluding hydrogens is 594 g/mol. The number of benzene rings is 3. The van der Waals surface area contributed by atoms with Crippen LogP contribution in [0.1, 0.15) is 89.3 Å². The van der Waals surface area contributed by atoms with E-state index in [1.54, 1.807) is 0 Å². The number of allylic oxidation sites excluding steroid dienone is 8. The van der Waals surface area contributed by atoms with E-state index in [0.29, 0.717) is 17.0 Å². The SMILES string of the molecule is CC=C1C(=CCC=C(C)CCc2ccc(N3CCC(CC)CC3)cc2)C=C(c2ccc(-c3cccc(C)c3)cc2Cl)C(=O)CC1CC. The Morgan fingerprint density at radius 3 is 2.36 bits per heavy atom. The normalized spacial score (nSPS) is 19.7. The van der Waals surface area contributed by atoms with Gasteiger partial charge in [0.15, 0.2) is 5.78 Å². The Labute approximate surface area is 288 Å². The molecule has 0 radical (unpaired) electrons. The molecule has 2 nitrogen and oxygen atoms in total. The molecule has 0 N–H and O–H groups in total. The minimum atomic E-state index is 0.160. The second-order valence-electron chi connectivity index (χ2n) is 13.5. The summed E-state index contributed by atoms with van der Waals surface area (Å²) in [5, 5.41) is 0.616. The van der Waals surface area contributed by atoms with Crippen molar-refractivity contribution in [1.29, 1.82) is 0 Å². The highest BCUT2D eigenvalue weighted by Crippen LogP contribution is 2.38. The number of piperidine rings is 1. The number of aryl methyl sites for hydroxylation is 2. The van der Waals surface area contributed by atoms with Gasteiger partial charge in [-0.15, -0.1) is 0 Å². The van der Waals surface area contributed by atoms with Gasteiger partial charge in [0.05, 0.1) is 0 Å². The molecule has 246 valence electrons. The highest BCUT2D eigenvalue weighted by molar-refractivity contribution is 6.35. The Balaban J connectivity index is 1.29. The van der Waals surface area contributed by atoms with Crippen LogP contribution in [-0.2, 0) is 11.2 Å². The molecule has 1 unspecified atom stereocenters. The molecule has 3 aromatic rings. The molecule has 5 rings (SSSR count). The van der Waals surface area contributed by atoms with Gasteiger partial charge in [0.25, 0.3) is 0 Å². The van der Waals surface area contributed by atoms with Crippen LogP contribution in [0.4, 0.5) is 5.69 Å². The van der Waals surface area contributed by atoms with Crippen molar-refractivity contribution < 1.29 is 4.79 Å². The number of carbonyl (C=O) groups excluding carboxylic acids is 1. The zero-order valence-electron chi connectivity index (χ0n) is 29.1. The maximum atomic E-state index is 13.7. The predicted molar refractivity (Wildman–Crippen MR) is 203 cm³/mol. The van der Waals surface area contributed by atoms with E-state index in [2.05, 4.69) is 118 Å². The fourth-order valence-electron chi connectivity index (χ4n) is 7.21. The summed E-state index contributed by atoms with van der Waals surface area (Å²) in [6, 6.07) is 23.8. The van der Waals surface area contributed by atoms with Gasteiger partial charge in [-0.3, -0.25) is 4.79 Å². The van der Waals surface area contributed by atoms with Crippen LogP contribution in [0.5, 0.6) is 0 Å². The molecule has 1 aliphatic heterocycles. The Bertz CT molecular complexity index is 1660. The van der Waals surface area contributed by atoms with Crippen LogP contribution in [0.15, 0.2) is 108 Å². The van der Waals surface area contributed by atoms with Gasteiger partial charge >= 0.3 is 0 Å². The number of rotatable bonds is 10. The molecule has 0 spiro atoms. The summed E-state index contributed by atoms with van der Waals surface area (Å²) in [6.45, 7) is 13.3. The minimum absolute atomic E-state index is 0.160. The van der Waals surface area contributed by atoms with E-state index < -0.39 is 0 Å². The van der Waals surface area contributed by atoms with Crippen molar-refractivity contribution in [1.82, 2.24) is 0 Å². The highest BCUT2D eigenvalue weighted by Gasteiger charge is 2.27. The molecule has 0 bridgehead atoms. The van der Waals surface area contributed by atoms with Crippen LogP contribution in [0.25, 0.3) is 16.7 Å². The summed E-state index contributed by atoms with van der Waals surface area (Å²) < 4.78 is 0. The van der Waals surface area contributed by atoms with Gasteiger partial charge in [-0.25, -0.2) is 0 Å². The first-order valence-electron chi connectivity index (χ1n) is 17.8. The van der Waals surface area contributed by atoms with Gasteiger partial charge in [0.2, 0.25) is 0 Å². The van der Waals surface area contributed by atoms with Crippen molar-refractivity contribution >= 4 is 28.6 Å². The number of nitrogens with zero attached hydrogens (tertiary/aromatic N) is 1. The summed E-state index contributed by atoms with van der Waals surface area (Å²) in [5.41, 5.74) is 11.5. The monoisotopic (exact) mass is 645 g/mol. The smallest absolute Gasteiger partial charge is 0.164 e. The van der Waals surface area contributed by atoms with Crippen LogP contribution < -0.4 is 4.90 Å². The molecule has 47 heavy (non-hydrogen) atoms. The van der Waals surface area contributed by atoms with Crippen molar-refractivity contribution in [3.05, 3.63) is 129 Å². The number of carbonyl (C=O) groups is 1. The Kier molecular flexibility index (Phi) is 12.2. The van der Waals surface area contributed by atoms with Crippen LogP contribution in [0.2, 0.25) is 5.02 Å². The molecule has 1 aliphatic carbocycles. The third-order valence-corrected chi connectivity index (χ3v) is 10.6. The lowest BCUT2D eigenvalue weighted by atomic mass is 9.87. The number of anilines is 1. The fourth-order valence-corrected chi connectivity index (χ4v) is 7.49. The average Bonchev–Trinajstić information content (AvgIpc) is 3.22. The highest BCUT2D eigenvalue weighted by atomic mass is 35.5. The van der Waals surface area contributed by atoms with E-state index in [4.69, 9.17) is 11.6 Å². The van der Waals surface area contributed by atoms with Gasteiger partial charge in [0, 0.05) is 41.4 Å². The molecular formula is C44H52ClNO. The Morgan fingerprint density at radius 1 is 0.957 bits per heavy atom. The van der Waals surface area contributed by atoms with Gasteiger partial charge in [0.1, 0.15) is 0 Å². The molecule has 0 aromatic heterocycles. The second kappa shape index (κ2) is 16.5. The van der Waals surface area contributed by atoms with Gasteiger partial charge < -0.3 is 4.90 Å². The molecule has 1 fully saturated rings. The molecule has 2 aliphatic rings. The Hall–Kier alpha value is -3.62. The lowest BCUT2D eigenvalue weighted by Crippen LogP contribution is -2.33. The van der Waals surface area contributed by atoms with E-state index >= 15 is 0 Å². The maximum Gasteiger partial charge on any atom is 0.164 e. The molecule has 0 saturated carbocycles. The molecule has 0 amide bonds. The largest absolute Gasteiger partial charge is 0.372 e. The lowest BCUT2D eigenvalue weighted by Gasteiger charge is -2.33. The summed E-state index contributed by atoms with van der Waals surface area (Å²) >= 11 is 6.91. The zero-order valence-corrected chi connectivity index (χ0v) is 29.9. The Morgan fingerprint density at radius 2 is 1.70 bits per heavy atom. The van der Waals surface area contributed by atoms with Crippen LogP contribution in [-0.4, -0.2) is 18.9 Å². The number of Topliss-reactive ketones (excluding diaryl/α,β-unsaturated/α-hetero) is 1. The topological polar surface area (TPSA) is 20.3 Å². The first kappa shape index (κ1) is 34.7. The van der Waals surface area contributed by atoms with Gasteiger partial charge in [-0.05, 0) is 123 Å². The van der Waals surface area contributed by atoms with Crippen molar-refractivity contribution in [2.45, 2.75) is 86.0 Å². The third-order valence-electron chi connectivity index (χ3n) is 10.3. The summed E-state index contributed by atoms with van der Waals surface area (Å²) in [6.07, 6.45) is 17.2. The first-order valence-corrected chi connectivity index (χ1v) is 18.1. The van der Waals surface area contributed by atoms with E-state index in [-0.39, 0.29) is 11.7 Å². The fraction of sp³-hybridized carbons (Fsp3) is 0.386. The van der Waals surface area contributed by atoms with E-state index in [1.807, 2.05) is 12.1 Å². The van der Waals surface area contributed by atoms with Crippen molar-refractivity contribution in [3.63, 3.8) is 0 Å². The zero-order chi connectivity index (χ0) is 33.3. The summed E-state index contributed by atoms with van der Waals surface area (Å²) in [4.78, 5) is 16.2. The number of hydrogen-bond donors (Lipinski definition) is 0. The van der Waals surface area contributed by atoms with E-state index in [9.17, 15) is 4.79 Å². The molecule has 3 aromatic carbocycles. The summed E-state index contributed by atoms with van der Waals surface area (Å²) in [5.74, 6) is 1.26. The summed E-state index contributed by atoms with van der Waals surface area (Å²) in [7, 11) is 0. The van der Waals surface area contributed by atoms with Gasteiger partial charge in [-0.1, -0.05) is 110 Å². The number of halogens is 1. The standard InChI is InChI=1S/C44H52ClNO/c1-6-33-23-25-46(26-24-33)39-20-17-34(18-21-39)16-15-31(4)11-9-14-38-28-42(44(47)30-35(7-2)40(38)8-3)41-22-19-37(29-43(41)45)36-13-10-12-32(5)27-36/h8,10-14,17-22,27-29,33,35H,6-7,9,15-16,23-26,30H2,1-5H3. The molecule has 1 heterocycles. The number of hydrogen-bond acceptors (Lipinski definition) is 2. The first-order chi connectivity index (χ1) is 22.8. The third kappa shape index (κ3) is 8.85. The maximum absolute atomic E-state index is 13.7. The van der Waals surface area contributed by atoms with Crippen molar-refractivity contribution in [2.24, 2.45) is 11.8 Å². The minimum Gasteiger partial charge on any atom is -0.372 e. The second-order valence-corrected chi connectivity index (χ2v) is 14.0. The van der Waals surface area contributed by atoms with Crippen LogP contribution in [0.3, 0.4) is 0 Å². The van der Waals surface area contributed by atoms with Crippen LogP contribution >= 0.6 is 11.6 Å². The van der Waals surface area contributed by atoms with Crippen molar-refractivity contribution in [3.8, 4) is 11.1 Å². The van der Waals surface area contributed by atoms with Gasteiger partial charge in [-0.2, -0.15) is 0 Å².